The Morgan fingerprint density at radius 1 is 0.935 bits per heavy atom. The molecule has 0 amide bonds. The summed E-state index contributed by atoms with van der Waals surface area (Å²) in [6, 6.07) is 18.6. The van der Waals surface area contributed by atoms with Gasteiger partial charge in [0.2, 0.25) is 0 Å². The molecule has 4 heteroatoms. The smallest absolute Gasteiger partial charge is 0.317 e. The first-order chi connectivity index (χ1) is 15.0. The maximum Gasteiger partial charge on any atom is 0.317 e. The standard InChI is InChI=1S/C27H26N2O2/c1-16-11-20-7-8-22(16)27-23-12-21(25(20)26(27)19-5-3-18(23)4-6-19)14-28-9-10-29(15-24(30)31)17(2)13-28/h3-8,11-12,17H,9-10,13-15H2,1-2H3,(H,30,31)/t17-/m1/s1. The highest BCUT2D eigenvalue weighted by Gasteiger charge is 2.25. The number of hydrogen-bond acceptors (Lipinski definition) is 3. The molecule has 0 spiro atoms. The van der Waals surface area contributed by atoms with Crippen LogP contribution in [0.5, 0.6) is 0 Å². The van der Waals surface area contributed by atoms with Crippen molar-refractivity contribution in [3.63, 3.8) is 0 Å². The lowest BCUT2D eigenvalue weighted by molar-refractivity contribution is -0.139. The van der Waals surface area contributed by atoms with Crippen LogP contribution in [0.4, 0.5) is 0 Å². The second-order valence-corrected chi connectivity index (χ2v) is 9.26. The molecular formula is C27H26N2O2. The number of benzene rings is 3. The van der Waals surface area contributed by atoms with Crippen molar-refractivity contribution < 1.29 is 9.90 Å². The zero-order valence-electron chi connectivity index (χ0n) is 18.0. The third-order valence-corrected chi connectivity index (χ3v) is 7.26. The Morgan fingerprint density at radius 2 is 1.68 bits per heavy atom. The van der Waals surface area contributed by atoms with Gasteiger partial charge in [-0.1, -0.05) is 42.5 Å². The molecular weight excluding hydrogens is 384 g/mol. The van der Waals surface area contributed by atoms with Gasteiger partial charge in [-0.25, -0.2) is 0 Å². The predicted octanol–water partition coefficient (Wildman–Crippen LogP) is 3.36. The summed E-state index contributed by atoms with van der Waals surface area (Å²) >= 11 is 0. The van der Waals surface area contributed by atoms with Gasteiger partial charge in [-0.15, -0.1) is 0 Å². The van der Waals surface area contributed by atoms with E-state index in [1.165, 1.54) is 52.9 Å². The van der Waals surface area contributed by atoms with Gasteiger partial charge in [-0.05, 0) is 72.8 Å². The molecule has 0 radical (unpaired) electrons. The fraction of sp³-hybridized carbons (Fsp3) is 0.296. The van der Waals surface area contributed by atoms with Gasteiger partial charge < -0.3 is 5.11 Å². The number of hydrogen-bond donors (Lipinski definition) is 1. The summed E-state index contributed by atoms with van der Waals surface area (Å²) in [5.74, 6) is -0.743. The van der Waals surface area contributed by atoms with E-state index < -0.39 is 5.97 Å². The Bertz CT molecular complexity index is 1620. The van der Waals surface area contributed by atoms with Crippen LogP contribution in [-0.4, -0.2) is 53.1 Å². The Hall–Kier alpha value is -2.95. The Kier molecular flexibility index (Phi) is 4.11. The average Bonchev–Trinajstić information content (AvgIpc) is 3.02. The minimum absolute atomic E-state index is 0.128. The van der Waals surface area contributed by atoms with Gasteiger partial charge in [-0.3, -0.25) is 14.6 Å². The molecule has 4 aliphatic carbocycles. The number of aliphatic carboxylic acids is 1. The van der Waals surface area contributed by atoms with Crippen LogP contribution in [0.3, 0.4) is 0 Å². The summed E-state index contributed by atoms with van der Waals surface area (Å²) < 4.78 is 0. The van der Waals surface area contributed by atoms with E-state index in [2.05, 4.69) is 72.2 Å². The number of carboxylic acids is 1. The zero-order chi connectivity index (χ0) is 21.3. The van der Waals surface area contributed by atoms with Gasteiger partial charge in [0.05, 0.1) is 6.54 Å². The minimum Gasteiger partial charge on any atom is -0.480 e. The van der Waals surface area contributed by atoms with Crippen molar-refractivity contribution in [2.24, 2.45) is 0 Å². The first kappa shape index (κ1) is 18.8. The molecule has 1 fully saturated rings. The molecule has 1 aliphatic heterocycles. The summed E-state index contributed by atoms with van der Waals surface area (Å²) in [4.78, 5) is 15.7. The van der Waals surface area contributed by atoms with Crippen LogP contribution in [0.15, 0.2) is 48.5 Å². The molecule has 1 N–H and O–H groups in total. The van der Waals surface area contributed by atoms with Crippen LogP contribution in [-0.2, 0) is 11.3 Å². The van der Waals surface area contributed by atoms with E-state index in [4.69, 9.17) is 0 Å². The van der Waals surface area contributed by atoms with Crippen LogP contribution in [0.25, 0.3) is 0 Å². The summed E-state index contributed by atoms with van der Waals surface area (Å²) in [5.41, 5.74) is 2.72. The monoisotopic (exact) mass is 410 g/mol. The lowest BCUT2D eigenvalue weighted by Crippen LogP contribution is -2.52. The second-order valence-electron chi connectivity index (χ2n) is 9.26. The van der Waals surface area contributed by atoms with E-state index in [0.29, 0.717) is 0 Å². The number of carboxylic acid groups (broad SMARTS) is 1. The predicted molar refractivity (Wildman–Crippen MR) is 119 cm³/mol. The van der Waals surface area contributed by atoms with E-state index in [9.17, 15) is 9.90 Å². The van der Waals surface area contributed by atoms with E-state index in [1.807, 2.05) is 0 Å². The third-order valence-electron chi connectivity index (χ3n) is 7.26. The van der Waals surface area contributed by atoms with Crippen LogP contribution < -0.4 is 0 Å². The van der Waals surface area contributed by atoms with Gasteiger partial charge in [-0.2, -0.15) is 0 Å². The van der Waals surface area contributed by atoms with E-state index in [0.717, 1.165) is 26.2 Å². The van der Waals surface area contributed by atoms with Crippen LogP contribution in [0.1, 0.15) is 18.1 Å². The van der Waals surface area contributed by atoms with Crippen LogP contribution in [0, 0.1) is 48.7 Å². The lowest BCUT2D eigenvalue weighted by atomic mass is 10.0. The molecule has 0 saturated carbocycles. The van der Waals surface area contributed by atoms with E-state index in [1.54, 1.807) is 0 Å². The molecule has 1 saturated heterocycles. The SMILES string of the molecule is Cc1cc2ccc1=c1c3cc(CN4CCN(CC(=O)O)[C@H](C)C4)c=2c1=c1ccc=3cc1. The van der Waals surface area contributed by atoms with Crippen molar-refractivity contribution >= 4 is 5.97 Å². The highest BCUT2D eigenvalue weighted by atomic mass is 16.4. The molecule has 1 heterocycles. The largest absolute Gasteiger partial charge is 0.480 e. The first-order valence-electron chi connectivity index (χ1n) is 11.1. The van der Waals surface area contributed by atoms with Gasteiger partial charge >= 0.3 is 5.97 Å². The molecule has 0 unspecified atom stereocenters. The van der Waals surface area contributed by atoms with Gasteiger partial charge in [0.15, 0.2) is 0 Å². The van der Waals surface area contributed by atoms with Gasteiger partial charge in [0.25, 0.3) is 0 Å². The van der Waals surface area contributed by atoms with Crippen LogP contribution in [0.2, 0.25) is 0 Å². The molecule has 0 aromatic heterocycles. The summed E-state index contributed by atoms with van der Waals surface area (Å²) in [6.07, 6.45) is 0. The Labute approximate surface area is 180 Å². The summed E-state index contributed by atoms with van der Waals surface area (Å²) in [6.45, 7) is 7.96. The highest BCUT2D eigenvalue weighted by Crippen LogP contribution is 2.23. The topological polar surface area (TPSA) is 43.8 Å². The molecule has 8 bridgehead atoms. The molecule has 8 rings (SSSR count). The minimum atomic E-state index is -0.743. The summed E-state index contributed by atoms with van der Waals surface area (Å²) in [7, 11) is 0. The quantitative estimate of drug-likeness (QED) is 0.493. The third kappa shape index (κ3) is 2.86. The number of carbonyl (C=O) groups is 1. The highest BCUT2D eigenvalue weighted by molar-refractivity contribution is 5.69. The molecule has 4 nitrogen and oxygen atoms in total. The molecule has 1 atom stereocenters. The first-order valence-corrected chi connectivity index (χ1v) is 11.1. The molecule has 3 aromatic rings. The number of piperazine rings is 1. The molecule has 3 aromatic carbocycles. The zero-order valence-corrected chi connectivity index (χ0v) is 18.0. The number of nitrogens with zero attached hydrogens (tertiary/aromatic N) is 2. The molecule has 31 heavy (non-hydrogen) atoms. The van der Waals surface area contributed by atoms with Crippen molar-refractivity contribution in [2.75, 3.05) is 26.2 Å². The number of aryl methyl sites for hydroxylation is 1. The van der Waals surface area contributed by atoms with Gasteiger partial charge in [0.1, 0.15) is 0 Å². The van der Waals surface area contributed by atoms with E-state index >= 15 is 0 Å². The second kappa shape index (κ2) is 6.78. The Morgan fingerprint density at radius 3 is 2.39 bits per heavy atom. The average molecular weight is 411 g/mol. The maximum atomic E-state index is 11.2. The van der Waals surface area contributed by atoms with Crippen molar-refractivity contribution in [1.29, 1.82) is 0 Å². The van der Waals surface area contributed by atoms with Crippen LogP contribution >= 0.6 is 0 Å². The fourth-order valence-corrected chi connectivity index (χ4v) is 5.77. The van der Waals surface area contributed by atoms with Crippen molar-refractivity contribution in [3.8, 4) is 0 Å². The number of fused-ring (bicyclic) bond motifs is 4. The lowest BCUT2D eigenvalue weighted by Gasteiger charge is -2.39. The van der Waals surface area contributed by atoms with Crippen molar-refractivity contribution in [2.45, 2.75) is 26.4 Å². The van der Waals surface area contributed by atoms with E-state index in [-0.39, 0.29) is 12.6 Å². The fourth-order valence-electron chi connectivity index (χ4n) is 5.77. The molecule has 156 valence electrons. The maximum absolute atomic E-state index is 11.2. The van der Waals surface area contributed by atoms with Gasteiger partial charge in [0, 0.05) is 32.2 Å². The number of rotatable bonds is 4. The molecule has 5 aliphatic rings. The normalized spacial score (nSPS) is 18.8. The summed E-state index contributed by atoms with van der Waals surface area (Å²) in [5, 5.41) is 19.9. The van der Waals surface area contributed by atoms with Crippen molar-refractivity contribution in [3.05, 3.63) is 101 Å². The van der Waals surface area contributed by atoms with Crippen molar-refractivity contribution in [1.82, 2.24) is 9.80 Å². The Balaban J connectivity index is 1.56.